The number of benzene rings is 1. The number of aliphatic carboxylic acids is 1. The van der Waals surface area contributed by atoms with Crippen molar-refractivity contribution < 1.29 is 27.1 Å². The molecule has 0 spiro atoms. The van der Waals surface area contributed by atoms with Gasteiger partial charge in [-0.05, 0) is 36.1 Å². The Hall–Kier alpha value is -1.54. The first-order chi connectivity index (χ1) is 10.7. The summed E-state index contributed by atoms with van der Waals surface area (Å²) < 4.78 is 50.3. The van der Waals surface area contributed by atoms with Crippen LogP contribution in [0, 0.1) is 11.6 Å². The lowest BCUT2D eigenvalue weighted by Crippen LogP contribution is -2.39. The largest absolute Gasteiger partial charge is 0.480 e. The summed E-state index contributed by atoms with van der Waals surface area (Å²) in [6.07, 6.45) is 1.12. The molecule has 1 heterocycles. The molecule has 0 aliphatic carbocycles. The first-order valence-electron chi connectivity index (χ1n) is 7.37. The van der Waals surface area contributed by atoms with Crippen molar-refractivity contribution in [1.82, 2.24) is 4.90 Å². The molecular weight excluding hydrogens is 328 g/mol. The number of hydrogen-bond donors (Lipinski definition) is 1. The van der Waals surface area contributed by atoms with Crippen LogP contribution in [-0.2, 0) is 21.1 Å². The van der Waals surface area contributed by atoms with Gasteiger partial charge in [-0.3, -0.25) is 9.69 Å². The highest BCUT2D eigenvalue weighted by molar-refractivity contribution is 7.92. The predicted octanol–water partition coefficient (Wildman–Crippen LogP) is 1.77. The zero-order valence-corrected chi connectivity index (χ0v) is 13.6. The van der Waals surface area contributed by atoms with Gasteiger partial charge in [-0.2, -0.15) is 0 Å². The van der Waals surface area contributed by atoms with Crippen LogP contribution in [0.4, 0.5) is 8.78 Å². The Morgan fingerprint density at radius 1 is 1.35 bits per heavy atom. The van der Waals surface area contributed by atoms with E-state index in [4.69, 9.17) is 5.11 Å². The van der Waals surface area contributed by atoms with E-state index in [1.54, 1.807) is 0 Å². The number of carbonyl (C=O) groups is 1. The van der Waals surface area contributed by atoms with E-state index in [9.17, 15) is 22.0 Å². The average molecular weight is 347 g/mol. The fourth-order valence-corrected chi connectivity index (χ4v) is 4.04. The summed E-state index contributed by atoms with van der Waals surface area (Å²) in [7, 11) is -3.68. The van der Waals surface area contributed by atoms with Gasteiger partial charge in [0.15, 0.2) is 21.5 Å². The first-order valence-corrected chi connectivity index (χ1v) is 9.19. The minimum Gasteiger partial charge on any atom is -0.480 e. The van der Waals surface area contributed by atoms with E-state index < -0.39 is 33.2 Å². The maximum absolute atomic E-state index is 13.5. The van der Waals surface area contributed by atoms with Gasteiger partial charge in [0.25, 0.3) is 0 Å². The van der Waals surface area contributed by atoms with Crippen LogP contribution >= 0.6 is 0 Å². The number of carboxylic acids is 1. The molecule has 1 aromatic carbocycles. The Kier molecular flexibility index (Phi) is 5.36. The molecule has 1 aromatic rings. The molecule has 2 rings (SSSR count). The molecule has 8 heteroatoms. The van der Waals surface area contributed by atoms with Crippen LogP contribution in [0.15, 0.2) is 12.1 Å². The third-order valence-electron chi connectivity index (χ3n) is 4.07. The number of nitrogens with zero attached hydrogens (tertiary/aromatic N) is 1. The predicted molar refractivity (Wildman–Crippen MR) is 81.0 cm³/mol. The zero-order chi connectivity index (χ0) is 17.2. The summed E-state index contributed by atoms with van der Waals surface area (Å²) in [5.74, 6) is -4.33. The van der Waals surface area contributed by atoms with E-state index in [0.29, 0.717) is 24.9 Å². The molecule has 0 saturated carbocycles. The lowest BCUT2D eigenvalue weighted by Gasteiger charge is -2.37. The average Bonchev–Trinajstić information content (AvgIpc) is 2.44. The van der Waals surface area contributed by atoms with Crippen molar-refractivity contribution in [3.05, 3.63) is 34.9 Å². The van der Waals surface area contributed by atoms with Gasteiger partial charge in [0.2, 0.25) is 0 Å². The lowest BCUT2D eigenvalue weighted by atomic mass is 9.91. The Balaban J connectivity index is 2.15. The van der Waals surface area contributed by atoms with E-state index in [2.05, 4.69) is 0 Å². The quantitative estimate of drug-likeness (QED) is 0.849. The summed E-state index contributed by atoms with van der Waals surface area (Å²) in [6.45, 7) is 2.59. The third kappa shape index (κ3) is 4.26. The Bertz CT molecular complexity index is 706. The highest BCUT2D eigenvalue weighted by Crippen LogP contribution is 2.33. The number of fused-ring (bicyclic) bond motifs is 1. The summed E-state index contributed by atoms with van der Waals surface area (Å²) >= 11 is 0. The number of sulfone groups is 1. The Labute approximate surface area is 133 Å². The van der Waals surface area contributed by atoms with Gasteiger partial charge in [0.05, 0.1) is 5.75 Å². The minimum atomic E-state index is -3.68. The smallest absolute Gasteiger partial charge is 0.318 e. The molecule has 0 saturated heterocycles. The van der Waals surface area contributed by atoms with Crippen molar-refractivity contribution in [3.63, 3.8) is 0 Å². The molecule has 0 radical (unpaired) electrons. The maximum atomic E-state index is 13.5. The molecule has 128 valence electrons. The van der Waals surface area contributed by atoms with Gasteiger partial charge in [0, 0.05) is 19.1 Å². The minimum absolute atomic E-state index is 0.173. The molecule has 1 aliphatic heterocycles. The van der Waals surface area contributed by atoms with Crippen LogP contribution in [-0.4, -0.2) is 49.0 Å². The maximum Gasteiger partial charge on any atom is 0.318 e. The van der Waals surface area contributed by atoms with Gasteiger partial charge in [0.1, 0.15) is 5.75 Å². The molecular formula is C15H19F2NO4S. The second-order valence-corrected chi connectivity index (χ2v) is 7.84. The molecule has 1 unspecified atom stereocenters. The molecule has 5 nitrogen and oxygen atoms in total. The van der Waals surface area contributed by atoms with Crippen LogP contribution in [0.1, 0.15) is 30.5 Å². The van der Waals surface area contributed by atoms with Gasteiger partial charge in [-0.1, -0.05) is 6.92 Å². The van der Waals surface area contributed by atoms with E-state index in [1.807, 2.05) is 11.8 Å². The number of carboxylic acid groups (broad SMARTS) is 1. The van der Waals surface area contributed by atoms with Crippen LogP contribution in [0.25, 0.3) is 0 Å². The van der Waals surface area contributed by atoms with E-state index in [0.717, 1.165) is 5.56 Å². The second-order valence-electron chi connectivity index (χ2n) is 5.66. The standard InChI is InChI=1S/C15H19F2NO4S/c1-2-14-11-8-13(17)12(16)7-10(11)3-4-18(14)5-6-23(21,22)9-15(19)20/h7-8,14H,2-6,9H2,1H3,(H,19,20). The molecule has 1 N–H and O–H groups in total. The van der Waals surface area contributed by atoms with Gasteiger partial charge in [-0.15, -0.1) is 0 Å². The summed E-state index contributed by atoms with van der Waals surface area (Å²) in [5.41, 5.74) is 1.41. The van der Waals surface area contributed by atoms with Gasteiger partial charge >= 0.3 is 5.97 Å². The molecule has 0 aromatic heterocycles. The Morgan fingerprint density at radius 2 is 2.00 bits per heavy atom. The molecule has 23 heavy (non-hydrogen) atoms. The molecule has 1 atom stereocenters. The number of halogens is 2. The third-order valence-corrected chi connectivity index (χ3v) is 5.56. The first kappa shape index (κ1) is 17.8. The summed E-state index contributed by atoms with van der Waals surface area (Å²) in [6, 6.07) is 2.18. The summed E-state index contributed by atoms with van der Waals surface area (Å²) in [4.78, 5) is 12.4. The van der Waals surface area contributed by atoms with Gasteiger partial charge < -0.3 is 5.11 Å². The van der Waals surface area contributed by atoms with Crippen LogP contribution in [0.2, 0.25) is 0 Å². The summed E-state index contributed by atoms with van der Waals surface area (Å²) in [5, 5.41) is 8.60. The molecule has 1 aliphatic rings. The van der Waals surface area contributed by atoms with Crippen LogP contribution in [0.5, 0.6) is 0 Å². The van der Waals surface area contributed by atoms with Crippen LogP contribution < -0.4 is 0 Å². The van der Waals surface area contributed by atoms with Crippen molar-refractivity contribution in [2.24, 2.45) is 0 Å². The second kappa shape index (κ2) is 6.92. The SMILES string of the molecule is CCC1c2cc(F)c(F)cc2CCN1CCS(=O)(=O)CC(=O)O. The fourth-order valence-electron chi connectivity index (χ4n) is 3.01. The zero-order valence-electron chi connectivity index (χ0n) is 12.8. The topological polar surface area (TPSA) is 74.7 Å². The van der Waals surface area contributed by atoms with Crippen molar-refractivity contribution in [2.75, 3.05) is 24.6 Å². The van der Waals surface area contributed by atoms with Crippen molar-refractivity contribution in [3.8, 4) is 0 Å². The number of rotatable bonds is 6. The fraction of sp³-hybridized carbons (Fsp3) is 0.533. The molecule has 0 amide bonds. The van der Waals surface area contributed by atoms with Crippen molar-refractivity contribution in [2.45, 2.75) is 25.8 Å². The van der Waals surface area contributed by atoms with E-state index in [1.165, 1.54) is 12.1 Å². The van der Waals surface area contributed by atoms with Gasteiger partial charge in [-0.25, -0.2) is 17.2 Å². The van der Waals surface area contributed by atoms with E-state index >= 15 is 0 Å². The number of hydrogen-bond acceptors (Lipinski definition) is 4. The highest BCUT2D eigenvalue weighted by Gasteiger charge is 2.28. The molecule has 0 fully saturated rings. The monoisotopic (exact) mass is 347 g/mol. The Morgan fingerprint density at radius 3 is 2.61 bits per heavy atom. The highest BCUT2D eigenvalue weighted by atomic mass is 32.2. The lowest BCUT2D eigenvalue weighted by molar-refractivity contribution is -0.134. The van der Waals surface area contributed by atoms with Crippen LogP contribution in [0.3, 0.4) is 0 Å². The van der Waals surface area contributed by atoms with E-state index in [-0.39, 0.29) is 18.3 Å². The normalized spacial score (nSPS) is 18.7. The van der Waals surface area contributed by atoms with Crippen molar-refractivity contribution >= 4 is 15.8 Å². The van der Waals surface area contributed by atoms with Crippen molar-refractivity contribution in [1.29, 1.82) is 0 Å². The molecule has 0 bridgehead atoms.